The van der Waals surface area contributed by atoms with E-state index in [1.165, 1.54) is 0 Å². The van der Waals surface area contributed by atoms with Gasteiger partial charge in [-0.1, -0.05) is 5.16 Å². The number of ether oxygens (including phenoxy) is 1. The van der Waals surface area contributed by atoms with Gasteiger partial charge in [-0.25, -0.2) is 0 Å². The zero-order valence-corrected chi connectivity index (χ0v) is 9.36. The number of nitrogens with one attached hydrogen (secondary N) is 1. The van der Waals surface area contributed by atoms with Crippen molar-refractivity contribution < 1.29 is 14.1 Å². The molecule has 1 aromatic heterocycles. The number of carbonyl (C=O) groups excluding carboxylic acids is 1. The number of hydrogen-bond acceptors (Lipinski definition) is 4. The van der Waals surface area contributed by atoms with E-state index in [-0.39, 0.29) is 5.91 Å². The highest BCUT2D eigenvalue weighted by atomic mass is 16.5. The summed E-state index contributed by atoms with van der Waals surface area (Å²) in [7, 11) is 1.64. The molecule has 1 aliphatic carbocycles. The Labute approximate surface area is 94.1 Å². The molecule has 1 heterocycles. The van der Waals surface area contributed by atoms with Crippen molar-refractivity contribution in [2.75, 3.05) is 20.3 Å². The summed E-state index contributed by atoms with van der Waals surface area (Å²) in [4.78, 5) is 11.6. The van der Waals surface area contributed by atoms with E-state index in [0.717, 1.165) is 25.0 Å². The van der Waals surface area contributed by atoms with Crippen LogP contribution in [-0.2, 0) is 4.74 Å². The number of carbonyl (C=O) groups is 1. The quantitative estimate of drug-likeness (QED) is 0.740. The fourth-order valence-electron chi connectivity index (χ4n) is 1.47. The average Bonchev–Trinajstić information content (AvgIpc) is 3.02. The predicted octanol–water partition coefficient (Wildman–Crippen LogP) is 1.32. The lowest BCUT2D eigenvalue weighted by Gasteiger charge is -2.01. The van der Waals surface area contributed by atoms with Crippen LogP contribution in [-0.4, -0.2) is 31.3 Å². The summed E-state index contributed by atoms with van der Waals surface area (Å²) in [6.07, 6.45) is 3.09. The fraction of sp³-hybridized carbons (Fsp3) is 0.636. The molecule has 1 fully saturated rings. The van der Waals surface area contributed by atoms with Crippen LogP contribution in [0.15, 0.2) is 10.6 Å². The molecule has 1 aliphatic rings. The Kier molecular flexibility index (Phi) is 3.56. The Morgan fingerprint density at radius 2 is 2.50 bits per heavy atom. The Balaban J connectivity index is 1.78. The standard InChI is InChI=1S/C11H16N2O3/c1-15-6-2-5-12-11(14)9-7-10(16-13-9)8-3-4-8/h7-8H,2-6H2,1H3,(H,12,14). The third kappa shape index (κ3) is 2.82. The van der Waals surface area contributed by atoms with Crippen molar-refractivity contribution >= 4 is 5.91 Å². The van der Waals surface area contributed by atoms with Crippen LogP contribution in [0.25, 0.3) is 0 Å². The van der Waals surface area contributed by atoms with Crippen molar-refractivity contribution in [1.29, 1.82) is 0 Å². The van der Waals surface area contributed by atoms with Gasteiger partial charge in [0.2, 0.25) is 0 Å². The topological polar surface area (TPSA) is 64.4 Å². The van der Waals surface area contributed by atoms with Crippen LogP contribution >= 0.6 is 0 Å². The van der Waals surface area contributed by atoms with Gasteiger partial charge in [-0.15, -0.1) is 0 Å². The number of aromatic nitrogens is 1. The Morgan fingerprint density at radius 1 is 1.69 bits per heavy atom. The van der Waals surface area contributed by atoms with Crippen molar-refractivity contribution in [3.8, 4) is 0 Å². The van der Waals surface area contributed by atoms with Crippen molar-refractivity contribution in [3.05, 3.63) is 17.5 Å². The minimum atomic E-state index is -0.174. The third-order valence-corrected chi connectivity index (χ3v) is 2.55. The summed E-state index contributed by atoms with van der Waals surface area (Å²) >= 11 is 0. The highest BCUT2D eigenvalue weighted by molar-refractivity contribution is 5.92. The minimum Gasteiger partial charge on any atom is -0.385 e. The fourth-order valence-corrected chi connectivity index (χ4v) is 1.47. The van der Waals surface area contributed by atoms with Crippen LogP contribution in [0.1, 0.15) is 41.4 Å². The minimum absolute atomic E-state index is 0.174. The Hall–Kier alpha value is -1.36. The molecule has 0 aromatic carbocycles. The molecule has 0 radical (unpaired) electrons. The number of methoxy groups -OCH3 is 1. The molecule has 1 aromatic rings. The first-order valence-corrected chi connectivity index (χ1v) is 5.55. The first-order valence-electron chi connectivity index (χ1n) is 5.55. The van der Waals surface area contributed by atoms with Gasteiger partial charge in [0.15, 0.2) is 5.69 Å². The first-order chi connectivity index (χ1) is 7.81. The van der Waals surface area contributed by atoms with Gasteiger partial charge in [0.1, 0.15) is 5.76 Å². The van der Waals surface area contributed by atoms with Crippen LogP contribution in [0.3, 0.4) is 0 Å². The third-order valence-electron chi connectivity index (χ3n) is 2.55. The lowest BCUT2D eigenvalue weighted by Crippen LogP contribution is -2.25. The molecule has 0 atom stereocenters. The highest BCUT2D eigenvalue weighted by Gasteiger charge is 2.28. The maximum absolute atomic E-state index is 11.6. The summed E-state index contributed by atoms with van der Waals surface area (Å²) in [5.74, 6) is 1.15. The van der Waals surface area contributed by atoms with Crippen molar-refractivity contribution in [2.24, 2.45) is 0 Å². The van der Waals surface area contributed by atoms with E-state index in [0.29, 0.717) is 24.8 Å². The van der Waals surface area contributed by atoms with Gasteiger partial charge in [-0.3, -0.25) is 4.79 Å². The van der Waals surface area contributed by atoms with Gasteiger partial charge in [-0.05, 0) is 19.3 Å². The molecule has 2 rings (SSSR count). The van der Waals surface area contributed by atoms with Crippen molar-refractivity contribution in [2.45, 2.75) is 25.2 Å². The molecule has 16 heavy (non-hydrogen) atoms. The van der Waals surface area contributed by atoms with Gasteiger partial charge >= 0.3 is 0 Å². The molecular weight excluding hydrogens is 208 g/mol. The zero-order valence-electron chi connectivity index (χ0n) is 9.36. The highest BCUT2D eigenvalue weighted by Crippen LogP contribution is 2.40. The zero-order chi connectivity index (χ0) is 11.4. The molecule has 0 aliphatic heterocycles. The van der Waals surface area contributed by atoms with Crippen LogP contribution in [0.2, 0.25) is 0 Å². The van der Waals surface area contributed by atoms with Gasteiger partial charge < -0.3 is 14.6 Å². The SMILES string of the molecule is COCCCNC(=O)c1cc(C2CC2)on1. The lowest BCUT2D eigenvalue weighted by atomic mass is 10.3. The van der Waals surface area contributed by atoms with Crippen LogP contribution in [0, 0.1) is 0 Å². The summed E-state index contributed by atoms with van der Waals surface area (Å²) in [5.41, 5.74) is 0.374. The van der Waals surface area contributed by atoms with E-state index >= 15 is 0 Å². The second kappa shape index (κ2) is 5.12. The van der Waals surface area contributed by atoms with Crippen LogP contribution < -0.4 is 5.32 Å². The molecule has 0 saturated heterocycles. The summed E-state index contributed by atoms with van der Waals surface area (Å²) in [6.45, 7) is 1.24. The second-order valence-corrected chi connectivity index (χ2v) is 3.99. The summed E-state index contributed by atoms with van der Waals surface area (Å²) < 4.78 is 9.99. The molecule has 5 nitrogen and oxygen atoms in total. The van der Waals surface area contributed by atoms with Gasteiger partial charge in [0.05, 0.1) is 0 Å². The van der Waals surface area contributed by atoms with E-state index in [2.05, 4.69) is 10.5 Å². The molecule has 5 heteroatoms. The van der Waals surface area contributed by atoms with Crippen molar-refractivity contribution in [1.82, 2.24) is 10.5 Å². The van der Waals surface area contributed by atoms with Crippen molar-refractivity contribution in [3.63, 3.8) is 0 Å². The predicted molar refractivity (Wildman–Crippen MR) is 57.3 cm³/mol. The monoisotopic (exact) mass is 224 g/mol. The lowest BCUT2D eigenvalue weighted by molar-refractivity contribution is 0.0939. The molecule has 88 valence electrons. The van der Waals surface area contributed by atoms with E-state index < -0.39 is 0 Å². The van der Waals surface area contributed by atoms with E-state index in [1.807, 2.05) is 0 Å². The molecule has 1 N–H and O–H groups in total. The van der Waals surface area contributed by atoms with Gasteiger partial charge in [0, 0.05) is 32.2 Å². The number of amides is 1. The number of nitrogens with zero attached hydrogens (tertiary/aromatic N) is 1. The van der Waals surface area contributed by atoms with E-state index in [9.17, 15) is 4.79 Å². The smallest absolute Gasteiger partial charge is 0.273 e. The van der Waals surface area contributed by atoms with Crippen LogP contribution in [0.5, 0.6) is 0 Å². The second-order valence-electron chi connectivity index (χ2n) is 3.99. The van der Waals surface area contributed by atoms with Crippen LogP contribution in [0.4, 0.5) is 0 Å². The summed E-state index contributed by atoms with van der Waals surface area (Å²) in [6, 6.07) is 1.74. The number of rotatable bonds is 6. The average molecular weight is 224 g/mol. The normalized spacial score (nSPS) is 15.1. The Bertz CT molecular complexity index is 358. The molecule has 0 bridgehead atoms. The summed E-state index contributed by atoms with van der Waals surface area (Å²) in [5, 5.41) is 6.52. The Morgan fingerprint density at radius 3 is 3.19 bits per heavy atom. The number of hydrogen-bond donors (Lipinski definition) is 1. The molecule has 0 unspecified atom stereocenters. The molecule has 0 spiro atoms. The molecular formula is C11H16N2O3. The van der Waals surface area contributed by atoms with E-state index in [4.69, 9.17) is 9.26 Å². The maximum atomic E-state index is 11.6. The maximum Gasteiger partial charge on any atom is 0.273 e. The van der Waals surface area contributed by atoms with Gasteiger partial charge in [0.25, 0.3) is 5.91 Å². The molecule has 1 saturated carbocycles. The molecule has 1 amide bonds. The van der Waals surface area contributed by atoms with Gasteiger partial charge in [-0.2, -0.15) is 0 Å². The van der Waals surface area contributed by atoms with E-state index in [1.54, 1.807) is 13.2 Å². The largest absolute Gasteiger partial charge is 0.385 e. The first kappa shape index (κ1) is 11.1.